The van der Waals surface area contributed by atoms with Crippen LogP contribution in [0.15, 0.2) is 67.1 Å². The molecule has 3 aromatic rings. The zero-order chi connectivity index (χ0) is 51.8. The van der Waals surface area contributed by atoms with Crippen LogP contribution < -0.4 is 20.7 Å². The Morgan fingerprint density at radius 2 is 1.68 bits per heavy atom. The van der Waals surface area contributed by atoms with Gasteiger partial charge in [-0.15, -0.1) is 0 Å². The maximum Gasteiger partial charge on any atom is 0.411 e. The lowest BCUT2D eigenvalue weighted by atomic mass is 9.73. The van der Waals surface area contributed by atoms with E-state index in [-0.39, 0.29) is 30.9 Å². The number of ether oxygens (including phenoxy) is 7. The first-order chi connectivity index (χ1) is 33.7. The number of amides is 3. The molecule has 3 aliphatic rings. The van der Waals surface area contributed by atoms with E-state index in [1.165, 1.54) is 26.3 Å². The first kappa shape index (κ1) is 54.1. The van der Waals surface area contributed by atoms with Gasteiger partial charge in [0.05, 0.1) is 37.1 Å². The van der Waals surface area contributed by atoms with Crippen molar-refractivity contribution in [1.29, 1.82) is 0 Å². The molecule has 0 radical (unpaired) electrons. The quantitative estimate of drug-likeness (QED) is 0.117. The number of aromatic nitrogens is 3. The Balaban J connectivity index is 1.40. The molecule has 0 unspecified atom stereocenters. The number of rotatable bonds is 12. The van der Waals surface area contributed by atoms with Crippen molar-refractivity contribution in [1.82, 2.24) is 30.5 Å². The van der Waals surface area contributed by atoms with Crippen molar-refractivity contribution in [3.63, 3.8) is 0 Å². The second-order valence-electron chi connectivity index (χ2n) is 19.4. The van der Waals surface area contributed by atoms with E-state index in [9.17, 15) is 29.1 Å². The van der Waals surface area contributed by atoms with Crippen molar-refractivity contribution in [3.8, 4) is 17.3 Å². The average molecular weight is 988 g/mol. The van der Waals surface area contributed by atoms with Crippen LogP contribution in [0.3, 0.4) is 0 Å². The van der Waals surface area contributed by atoms with E-state index in [0.29, 0.717) is 18.1 Å². The number of hydrogen-bond donors (Lipinski definition) is 4. The monoisotopic (exact) mass is 987 g/mol. The minimum absolute atomic E-state index is 0.0189. The van der Waals surface area contributed by atoms with Crippen LogP contribution in [0.4, 0.5) is 20.1 Å². The molecule has 3 fully saturated rings. The molecule has 6 rings (SSSR count). The molecule has 0 bridgehead atoms. The van der Waals surface area contributed by atoms with Gasteiger partial charge in [0.25, 0.3) is 0 Å². The molecule has 71 heavy (non-hydrogen) atoms. The van der Waals surface area contributed by atoms with Crippen molar-refractivity contribution in [3.05, 3.63) is 72.7 Å². The summed E-state index contributed by atoms with van der Waals surface area (Å²) in [5.74, 6) is -4.43. The third-order valence-corrected chi connectivity index (χ3v) is 13.8. The summed E-state index contributed by atoms with van der Waals surface area (Å²) in [5.41, 5.74) is -1.40. The predicted octanol–water partition coefficient (Wildman–Crippen LogP) is 6.18. The van der Waals surface area contributed by atoms with Crippen molar-refractivity contribution >= 4 is 41.8 Å². The maximum absolute atomic E-state index is 14.8. The number of carbonyl (C=O) groups excluding carboxylic acids is 5. The fraction of sp³-hybridized carbons (Fsp3) is 0.569. The van der Waals surface area contributed by atoms with Crippen LogP contribution in [0.2, 0.25) is 0 Å². The van der Waals surface area contributed by atoms with E-state index in [4.69, 9.17) is 33.2 Å². The number of esters is 1. The number of carbonyl (C=O) groups is 5. The van der Waals surface area contributed by atoms with Gasteiger partial charge in [-0.3, -0.25) is 14.9 Å². The van der Waals surface area contributed by atoms with Gasteiger partial charge < -0.3 is 53.8 Å². The number of ketones is 1. The highest BCUT2D eigenvalue weighted by atomic mass is 16.7. The molecule has 20 heteroatoms. The van der Waals surface area contributed by atoms with Gasteiger partial charge in [-0.1, -0.05) is 64.1 Å². The topological polar surface area (TPSA) is 248 Å². The van der Waals surface area contributed by atoms with Crippen LogP contribution in [0.25, 0.3) is 17.5 Å². The molecule has 14 atom stereocenters. The van der Waals surface area contributed by atoms with E-state index in [2.05, 4.69) is 30.9 Å². The highest BCUT2D eigenvalue weighted by Crippen LogP contribution is 2.42. The van der Waals surface area contributed by atoms with Crippen LogP contribution in [-0.2, 0) is 38.0 Å². The number of alkyl carbamates (subject to hydrolysis) is 2. The zero-order valence-corrected chi connectivity index (χ0v) is 42.3. The van der Waals surface area contributed by atoms with Gasteiger partial charge in [0, 0.05) is 54.4 Å². The number of likely N-dealkylation sites (N-methyl/N-ethyl adjacent to an activating group) is 1. The molecule has 0 saturated carbocycles. The van der Waals surface area contributed by atoms with Crippen molar-refractivity contribution in [2.75, 3.05) is 33.1 Å². The fourth-order valence-corrected chi connectivity index (χ4v) is 10.1. The van der Waals surface area contributed by atoms with Gasteiger partial charge >= 0.3 is 24.2 Å². The number of methoxy groups -OCH3 is 1. The number of nitrogens with one attached hydrogen (secondary N) is 3. The Hall–Kier alpha value is -6.22. The molecule has 20 nitrogen and oxygen atoms in total. The minimum Gasteiger partial charge on any atom is -0.481 e. The second kappa shape index (κ2) is 23.3. The van der Waals surface area contributed by atoms with Crippen LogP contribution in [0.1, 0.15) is 80.2 Å². The number of cyclic esters (lactones) is 1. The van der Waals surface area contributed by atoms with Gasteiger partial charge in [-0.2, -0.15) is 0 Å². The summed E-state index contributed by atoms with van der Waals surface area (Å²) in [7, 11) is 5.10. The van der Waals surface area contributed by atoms with Crippen LogP contribution >= 0.6 is 0 Å². The summed E-state index contributed by atoms with van der Waals surface area (Å²) >= 11 is 0. The summed E-state index contributed by atoms with van der Waals surface area (Å²) < 4.78 is 43.1. The Kier molecular flexibility index (Phi) is 17.8. The van der Waals surface area contributed by atoms with Crippen LogP contribution in [0, 0.1) is 23.7 Å². The minimum atomic E-state index is -1.81. The highest BCUT2D eigenvalue weighted by Gasteiger charge is 2.58. The number of anilines is 1. The summed E-state index contributed by atoms with van der Waals surface area (Å²) in [6.07, 6.45) is -0.810. The molecule has 3 aliphatic heterocycles. The molecule has 3 amide bonds. The Morgan fingerprint density at radius 1 is 0.972 bits per heavy atom. The summed E-state index contributed by atoms with van der Waals surface area (Å²) in [6, 6.07) is 11.0. The Labute approximate surface area is 414 Å². The largest absolute Gasteiger partial charge is 0.481 e. The van der Waals surface area contributed by atoms with Crippen molar-refractivity contribution in [2.45, 2.75) is 135 Å². The first-order valence-electron chi connectivity index (χ1n) is 24.1. The lowest BCUT2D eigenvalue weighted by Gasteiger charge is -2.48. The Bertz CT molecular complexity index is 2340. The van der Waals surface area contributed by atoms with Gasteiger partial charge in [-0.25, -0.2) is 29.3 Å². The molecule has 4 N–H and O–H groups in total. The number of benzene rings is 1. The molecule has 1 aromatic carbocycles. The van der Waals surface area contributed by atoms with Crippen molar-refractivity contribution in [2.24, 2.45) is 23.7 Å². The van der Waals surface area contributed by atoms with E-state index in [1.807, 2.05) is 56.3 Å². The predicted molar refractivity (Wildman–Crippen MR) is 260 cm³/mol. The third-order valence-electron chi connectivity index (χ3n) is 13.8. The molecule has 2 aromatic heterocycles. The normalized spacial score (nSPS) is 32.7. The smallest absolute Gasteiger partial charge is 0.411 e. The van der Waals surface area contributed by atoms with Gasteiger partial charge in [0.2, 0.25) is 5.88 Å². The SMILES string of the molecule is CC[C@H]1OC(=O)[C@H](C)[C@@H](OC(=O)Nc2ccc(OC)nc2)[C@H](C)[C@@H](O[C@@H]2O[C@H](C)C[C@H](N(C)C)[C@H]2O)[C@](C)(OC(=O)NC/C=C/c2ccc(-c3ncccn3)cc2)C[C@@H](C)C(=O)[C@H](C)[C@H]2NC(=O)O[C@@]21C. The lowest BCUT2D eigenvalue weighted by Crippen LogP contribution is -2.61. The first-order valence-corrected chi connectivity index (χ1v) is 24.1. The number of aliphatic hydroxyl groups is 1. The lowest BCUT2D eigenvalue weighted by molar-refractivity contribution is -0.298. The van der Waals surface area contributed by atoms with Gasteiger partial charge in [0.15, 0.2) is 17.7 Å². The van der Waals surface area contributed by atoms with Crippen LogP contribution in [-0.4, -0.2) is 143 Å². The zero-order valence-electron chi connectivity index (χ0n) is 42.3. The molecule has 5 heterocycles. The molecule has 0 aliphatic carbocycles. The number of hydrogen-bond acceptors (Lipinski definition) is 17. The summed E-state index contributed by atoms with van der Waals surface area (Å²) in [6.45, 7) is 13.3. The third kappa shape index (κ3) is 12.8. The van der Waals surface area contributed by atoms with E-state index in [0.717, 1.165) is 11.1 Å². The number of fused-ring (bicyclic) bond motifs is 1. The van der Waals surface area contributed by atoms with Crippen molar-refractivity contribution < 1.29 is 62.2 Å². The molecular weight excluding hydrogens is 919 g/mol. The Morgan fingerprint density at radius 3 is 2.31 bits per heavy atom. The number of Topliss-reactive ketones (excluding diaryl/α,β-unsaturated/α-hetero) is 1. The second-order valence-corrected chi connectivity index (χ2v) is 19.4. The number of nitrogens with zero attached hydrogens (tertiary/aromatic N) is 4. The van der Waals surface area contributed by atoms with E-state index >= 15 is 0 Å². The standard InChI is InChI=1S/C51H69N7O13/c1-12-37-51(8)42(57-49(64)71-51)30(4)39(59)28(2)26-50(7,70-47(62)54-22-13-15-33-16-18-34(19-17-33)44-52-23-14-24-53-44)43(69-46-40(60)36(58(9)10)25-29(3)66-46)31(5)41(32(6)45(61)67-37)68-48(63)56-35-20-21-38(65-11)55-27-35/h13-21,23-24,27-32,36-37,40-43,46,60H,12,22,25-26H2,1-11H3,(H,54,62)(H,56,63)(H,57,64)/b15-13+/t28-,29-,30+,31+,32-,36+,37-,40-,41+,42-,43-,46+,50-,51-/m1/s1. The van der Waals surface area contributed by atoms with E-state index < -0.39 is 108 Å². The average Bonchev–Trinajstić information content (AvgIpc) is 3.66. The summed E-state index contributed by atoms with van der Waals surface area (Å²) in [4.78, 5) is 85.2. The maximum atomic E-state index is 14.8. The molecule has 3 saturated heterocycles. The number of pyridine rings is 1. The fourth-order valence-electron chi connectivity index (χ4n) is 10.1. The highest BCUT2D eigenvalue weighted by molar-refractivity contribution is 5.86. The van der Waals surface area contributed by atoms with E-state index in [1.54, 1.807) is 72.1 Å². The molecular formula is C51H69N7O13. The number of aliphatic hydroxyl groups excluding tert-OH is 1. The van der Waals surface area contributed by atoms with Gasteiger partial charge in [-0.05, 0) is 78.7 Å². The van der Waals surface area contributed by atoms with Crippen LogP contribution in [0.5, 0.6) is 5.88 Å². The summed E-state index contributed by atoms with van der Waals surface area (Å²) in [5, 5.41) is 20.1. The molecule has 386 valence electrons. The molecule has 0 spiro atoms. The van der Waals surface area contributed by atoms with Gasteiger partial charge in [0.1, 0.15) is 35.8 Å².